The van der Waals surface area contributed by atoms with Crippen LogP contribution in [0.1, 0.15) is 0 Å². The predicted octanol–water partition coefficient (Wildman–Crippen LogP) is 2.15. The van der Waals surface area contributed by atoms with Crippen molar-refractivity contribution in [2.24, 2.45) is 0 Å². The van der Waals surface area contributed by atoms with Gasteiger partial charge in [0, 0.05) is 12.1 Å². The zero-order valence-electron chi connectivity index (χ0n) is 6.23. The topological polar surface area (TPSA) is 35.2 Å². The summed E-state index contributed by atoms with van der Waals surface area (Å²) < 4.78 is 52.1. The Balaban J connectivity index is 3.05. The monoisotopic (exact) mass is 195 g/mol. The van der Waals surface area contributed by atoms with E-state index in [4.69, 9.17) is 5.73 Å². The molecule has 2 nitrogen and oxygen atoms in total. The number of benzene rings is 1. The highest BCUT2D eigenvalue weighted by molar-refractivity contribution is 5.53. The second-order valence-electron chi connectivity index (χ2n) is 2.18. The summed E-state index contributed by atoms with van der Waals surface area (Å²) in [5.41, 5.74) is 4.36. The fraction of sp³-hybridized carbons (Fsp3) is 0.143. The van der Waals surface area contributed by atoms with Gasteiger partial charge in [-0.1, -0.05) is 0 Å². The van der Waals surface area contributed by atoms with Crippen molar-refractivity contribution < 1.29 is 22.3 Å². The van der Waals surface area contributed by atoms with Crippen LogP contribution in [-0.4, -0.2) is 6.61 Å². The van der Waals surface area contributed by atoms with Crippen LogP contribution in [0.5, 0.6) is 5.75 Å². The van der Waals surface area contributed by atoms with E-state index in [-0.39, 0.29) is 0 Å². The first-order valence-corrected chi connectivity index (χ1v) is 3.20. The van der Waals surface area contributed by atoms with Crippen LogP contribution >= 0.6 is 0 Å². The lowest BCUT2D eigenvalue weighted by molar-refractivity contribution is -0.0496. The number of anilines is 1. The highest BCUT2D eigenvalue weighted by atomic mass is 19.3. The van der Waals surface area contributed by atoms with Gasteiger partial charge in [0.25, 0.3) is 0 Å². The molecule has 6 heteroatoms. The van der Waals surface area contributed by atoms with E-state index in [0.717, 1.165) is 0 Å². The van der Waals surface area contributed by atoms with E-state index in [9.17, 15) is 17.6 Å². The average molecular weight is 195 g/mol. The van der Waals surface area contributed by atoms with Gasteiger partial charge in [-0.25, -0.2) is 8.78 Å². The van der Waals surface area contributed by atoms with Gasteiger partial charge in [-0.2, -0.15) is 8.78 Å². The van der Waals surface area contributed by atoms with Crippen molar-refractivity contribution in [2.75, 3.05) is 5.73 Å². The third-order valence-corrected chi connectivity index (χ3v) is 1.27. The third kappa shape index (κ3) is 2.24. The molecule has 0 radical (unpaired) electrons. The van der Waals surface area contributed by atoms with E-state index < -0.39 is 29.7 Å². The molecular weight excluding hydrogens is 190 g/mol. The molecular formula is C7H5F4NO. The van der Waals surface area contributed by atoms with Crippen molar-refractivity contribution in [3.8, 4) is 5.75 Å². The number of nitrogens with two attached hydrogens (primary N) is 1. The Morgan fingerprint density at radius 1 is 1.23 bits per heavy atom. The quantitative estimate of drug-likeness (QED) is 0.579. The van der Waals surface area contributed by atoms with Crippen LogP contribution in [0.2, 0.25) is 0 Å². The number of rotatable bonds is 2. The molecule has 0 bridgehead atoms. The number of hydrogen-bond acceptors (Lipinski definition) is 2. The lowest BCUT2D eigenvalue weighted by Crippen LogP contribution is -2.06. The zero-order valence-corrected chi connectivity index (χ0v) is 6.23. The van der Waals surface area contributed by atoms with Crippen LogP contribution in [0, 0.1) is 11.6 Å². The number of alkyl halides is 2. The second kappa shape index (κ2) is 3.51. The molecule has 0 aliphatic rings. The highest BCUT2D eigenvalue weighted by Gasteiger charge is 2.12. The molecule has 1 aromatic carbocycles. The Morgan fingerprint density at radius 2 is 1.85 bits per heavy atom. The SMILES string of the molecule is Nc1c(F)cc(F)cc1OC(F)F. The van der Waals surface area contributed by atoms with Gasteiger partial charge in [0.05, 0.1) is 0 Å². The molecule has 0 aliphatic carbocycles. The smallest absolute Gasteiger partial charge is 0.387 e. The van der Waals surface area contributed by atoms with E-state index in [0.29, 0.717) is 12.1 Å². The largest absolute Gasteiger partial charge is 0.432 e. The Kier molecular flexibility index (Phi) is 2.60. The van der Waals surface area contributed by atoms with Crippen LogP contribution in [0.3, 0.4) is 0 Å². The van der Waals surface area contributed by atoms with Crippen LogP contribution in [0.4, 0.5) is 23.2 Å². The van der Waals surface area contributed by atoms with Gasteiger partial charge < -0.3 is 10.5 Å². The highest BCUT2D eigenvalue weighted by Crippen LogP contribution is 2.26. The zero-order chi connectivity index (χ0) is 10.0. The Hall–Kier alpha value is -1.46. The van der Waals surface area contributed by atoms with E-state index in [1.807, 2.05) is 0 Å². The molecule has 0 aliphatic heterocycles. The molecule has 0 aromatic heterocycles. The fourth-order valence-electron chi connectivity index (χ4n) is 0.755. The number of halogens is 4. The summed E-state index contributed by atoms with van der Waals surface area (Å²) in [6.45, 7) is -3.16. The van der Waals surface area contributed by atoms with Crippen LogP contribution in [-0.2, 0) is 0 Å². The van der Waals surface area contributed by atoms with E-state index in [1.54, 1.807) is 0 Å². The molecule has 1 rings (SSSR count). The number of ether oxygens (including phenoxy) is 1. The average Bonchev–Trinajstić information content (AvgIpc) is 1.98. The van der Waals surface area contributed by atoms with Gasteiger partial charge in [-0.15, -0.1) is 0 Å². The first-order chi connectivity index (χ1) is 6.00. The minimum atomic E-state index is -3.16. The molecule has 1 aromatic rings. The van der Waals surface area contributed by atoms with Crippen LogP contribution < -0.4 is 10.5 Å². The lowest BCUT2D eigenvalue weighted by atomic mass is 10.3. The van der Waals surface area contributed by atoms with Gasteiger partial charge in [-0.3, -0.25) is 0 Å². The fourth-order valence-corrected chi connectivity index (χ4v) is 0.755. The van der Waals surface area contributed by atoms with Crippen molar-refractivity contribution in [2.45, 2.75) is 6.61 Å². The standard InChI is InChI=1S/C7H5F4NO/c8-3-1-4(9)6(12)5(2-3)13-7(10)11/h1-2,7H,12H2. The molecule has 0 amide bonds. The van der Waals surface area contributed by atoms with Gasteiger partial charge in [0.2, 0.25) is 0 Å². The second-order valence-corrected chi connectivity index (χ2v) is 2.18. The van der Waals surface area contributed by atoms with Crippen molar-refractivity contribution in [3.63, 3.8) is 0 Å². The lowest BCUT2D eigenvalue weighted by Gasteiger charge is -2.07. The maximum absolute atomic E-state index is 12.6. The minimum absolute atomic E-state index is 0.480. The normalized spacial score (nSPS) is 10.5. The maximum Gasteiger partial charge on any atom is 0.387 e. The molecule has 0 unspecified atom stereocenters. The molecule has 0 heterocycles. The van der Waals surface area contributed by atoms with Gasteiger partial charge in [-0.05, 0) is 0 Å². The third-order valence-electron chi connectivity index (χ3n) is 1.27. The summed E-state index contributed by atoms with van der Waals surface area (Å²) in [7, 11) is 0. The molecule has 72 valence electrons. The van der Waals surface area contributed by atoms with E-state index in [1.165, 1.54) is 0 Å². The van der Waals surface area contributed by atoms with Crippen molar-refractivity contribution in [1.29, 1.82) is 0 Å². The molecule has 0 saturated carbocycles. The predicted molar refractivity (Wildman–Crippen MR) is 37.4 cm³/mol. The Morgan fingerprint density at radius 3 is 2.38 bits per heavy atom. The molecule has 0 atom stereocenters. The summed E-state index contributed by atoms with van der Waals surface area (Å²) >= 11 is 0. The van der Waals surface area contributed by atoms with Crippen molar-refractivity contribution >= 4 is 5.69 Å². The summed E-state index contributed by atoms with van der Waals surface area (Å²) in [5.74, 6) is -2.86. The maximum atomic E-state index is 12.6. The first-order valence-electron chi connectivity index (χ1n) is 3.20. The number of nitrogen functional groups attached to an aromatic ring is 1. The molecule has 2 N–H and O–H groups in total. The van der Waals surface area contributed by atoms with Gasteiger partial charge >= 0.3 is 6.61 Å². The summed E-state index contributed by atoms with van der Waals surface area (Å²) in [6, 6.07) is 1.07. The number of hydrogen-bond donors (Lipinski definition) is 1. The Labute approximate surface area is 70.9 Å². The van der Waals surface area contributed by atoms with Gasteiger partial charge in [0.15, 0.2) is 11.6 Å². The first kappa shape index (κ1) is 9.63. The molecule has 0 saturated heterocycles. The molecule has 13 heavy (non-hydrogen) atoms. The Bertz CT molecular complexity index is 316. The minimum Gasteiger partial charge on any atom is -0.432 e. The van der Waals surface area contributed by atoms with E-state index in [2.05, 4.69) is 4.74 Å². The van der Waals surface area contributed by atoms with Gasteiger partial charge in [0.1, 0.15) is 11.5 Å². The molecule has 0 spiro atoms. The summed E-state index contributed by atoms with van der Waals surface area (Å²) in [4.78, 5) is 0. The summed E-state index contributed by atoms with van der Waals surface area (Å²) in [5, 5.41) is 0. The van der Waals surface area contributed by atoms with Crippen molar-refractivity contribution in [1.82, 2.24) is 0 Å². The van der Waals surface area contributed by atoms with E-state index >= 15 is 0 Å². The summed E-state index contributed by atoms with van der Waals surface area (Å²) in [6.07, 6.45) is 0. The molecule has 0 fully saturated rings. The van der Waals surface area contributed by atoms with Crippen molar-refractivity contribution in [3.05, 3.63) is 23.8 Å². The van der Waals surface area contributed by atoms with Crippen LogP contribution in [0.15, 0.2) is 12.1 Å². The van der Waals surface area contributed by atoms with Crippen LogP contribution in [0.25, 0.3) is 0 Å².